The molecule has 0 bridgehead atoms. The number of guanidine groups is 1. The zero-order valence-corrected chi connectivity index (χ0v) is 19.2. The van der Waals surface area contributed by atoms with Crippen LogP contribution in [0.1, 0.15) is 49.8 Å². The molecule has 0 saturated heterocycles. The van der Waals surface area contributed by atoms with Crippen LogP contribution in [0.3, 0.4) is 0 Å². The van der Waals surface area contributed by atoms with Gasteiger partial charge < -0.3 is 20.1 Å². The molecule has 2 aromatic rings. The third-order valence-corrected chi connectivity index (χ3v) is 4.32. The molecule has 0 aliphatic heterocycles. The zero-order valence-electron chi connectivity index (χ0n) is 16.8. The van der Waals surface area contributed by atoms with E-state index in [1.165, 1.54) is 0 Å². The summed E-state index contributed by atoms with van der Waals surface area (Å²) in [5, 5.41) is 10.7. The molecule has 0 aliphatic carbocycles. The van der Waals surface area contributed by atoms with E-state index < -0.39 is 0 Å². The fourth-order valence-electron chi connectivity index (χ4n) is 2.69. The van der Waals surface area contributed by atoms with Crippen molar-refractivity contribution in [3.05, 3.63) is 41.4 Å². The van der Waals surface area contributed by atoms with Gasteiger partial charge in [-0.3, -0.25) is 4.99 Å². The van der Waals surface area contributed by atoms with Crippen LogP contribution in [0.2, 0.25) is 0 Å². The first kappa shape index (κ1) is 23.2. The Balaban J connectivity index is 0.00000364. The summed E-state index contributed by atoms with van der Waals surface area (Å²) in [4.78, 5) is 10.8. The van der Waals surface area contributed by atoms with Gasteiger partial charge in [0, 0.05) is 33.1 Å². The first-order valence-electron chi connectivity index (χ1n) is 9.10. The summed E-state index contributed by atoms with van der Waals surface area (Å²) < 4.78 is 5.44. The van der Waals surface area contributed by atoms with Crippen molar-refractivity contribution in [2.45, 2.75) is 45.7 Å². The second-order valence-corrected chi connectivity index (χ2v) is 6.39. The average molecular weight is 486 g/mol. The normalized spacial score (nSPS) is 11.3. The van der Waals surface area contributed by atoms with Crippen LogP contribution in [0.5, 0.6) is 0 Å². The second-order valence-electron chi connectivity index (χ2n) is 6.39. The lowest BCUT2D eigenvalue weighted by atomic mass is 9.99. The van der Waals surface area contributed by atoms with Crippen LogP contribution >= 0.6 is 24.0 Å². The summed E-state index contributed by atoms with van der Waals surface area (Å²) >= 11 is 0. The van der Waals surface area contributed by atoms with Gasteiger partial charge in [-0.1, -0.05) is 25.1 Å². The van der Waals surface area contributed by atoms with Gasteiger partial charge in [0.2, 0.25) is 0 Å². The third kappa shape index (κ3) is 7.00. The van der Waals surface area contributed by atoms with Crippen LogP contribution in [-0.4, -0.2) is 37.2 Å². The van der Waals surface area contributed by atoms with E-state index >= 15 is 0 Å². The van der Waals surface area contributed by atoms with Gasteiger partial charge in [-0.05, 0) is 25.0 Å². The van der Waals surface area contributed by atoms with Crippen molar-refractivity contribution >= 4 is 35.8 Å². The topological polar surface area (TPSA) is 78.6 Å². The maximum absolute atomic E-state index is 5.44. The van der Waals surface area contributed by atoms with Crippen molar-refractivity contribution in [1.29, 1.82) is 0 Å². The molecule has 0 aliphatic rings. The molecule has 7 nitrogen and oxygen atoms in total. The first-order chi connectivity index (χ1) is 12.6. The molecule has 2 heterocycles. The van der Waals surface area contributed by atoms with Crippen LogP contribution < -0.4 is 15.5 Å². The number of nitrogens with zero attached hydrogens (tertiary/aromatic N) is 4. The summed E-state index contributed by atoms with van der Waals surface area (Å²) in [6.45, 7) is 5.48. The highest BCUT2D eigenvalue weighted by Gasteiger charge is 2.13. The predicted molar refractivity (Wildman–Crippen MR) is 121 cm³/mol. The molecule has 0 saturated carbocycles. The van der Waals surface area contributed by atoms with E-state index in [4.69, 9.17) is 4.52 Å². The predicted octanol–water partition coefficient (Wildman–Crippen LogP) is 3.52. The highest BCUT2D eigenvalue weighted by Crippen LogP contribution is 2.22. The van der Waals surface area contributed by atoms with Gasteiger partial charge in [0.25, 0.3) is 0 Å². The minimum absolute atomic E-state index is 0. The van der Waals surface area contributed by atoms with Crippen molar-refractivity contribution in [3.63, 3.8) is 0 Å². The smallest absolute Gasteiger partial charge is 0.191 e. The lowest BCUT2D eigenvalue weighted by molar-refractivity contribution is 0.368. The molecule has 8 heteroatoms. The Morgan fingerprint density at radius 1 is 1.19 bits per heavy atom. The largest absolute Gasteiger partial charge is 0.363 e. The first-order valence-corrected chi connectivity index (χ1v) is 9.10. The molecule has 2 rings (SSSR count). The summed E-state index contributed by atoms with van der Waals surface area (Å²) in [7, 11) is 5.70. The van der Waals surface area contributed by atoms with E-state index in [1.807, 2.05) is 43.3 Å². The SMILES string of the molecule is CCC(CC)c1cc(CNC(=NC)NCc2cccc(N(C)C)n2)on1.I. The van der Waals surface area contributed by atoms with E-state index in [-0.39, 0.29) is 24.0 Å². The van der Waals surface area contributed by atoms with Gasteiger partial charge in [0.15, 0.2) is 11.7 Å². The van der Waals surface area contributed by atoms with Gasteiger partial charge in [-0.15, -0.1) is 24.0 Å². The van der Waals surface area contributed by atoms with Gasteiger partial charge in [-0.25, -0.2) is 4.98 Å². The minimum Gasteiger partial charge on any atom is -0.363 e. The Morgan fingerprint density at radius 3 is 2.52 bits per heavy atom. The Hall–Kier alpha value is -1.84. The number of aromatic nitrogens is 2. The van der Waals surface area contributed by atoms with E-state index in [0.29, 0.717) is 25.0 Å². The summed E-state index contributed by atoms with van der Waals surface area (Å²) in [6, 6.07) is 8.01. The molecule has 0 aromatic carbocycles. The van der Waals surface area contributed by atoms with Crippen molar-refractivity contribution < 1.29 is 4.52 Å². The van der Waals surface area contributed by atoms with E-state index in [1.54, 1.807) is 7.05 Å². The second kappa shape index (κ2) is 11.8. The molecule has 2 N–H and O–H groups in total. The number of nitrogens with one attached hydrogen (secondary N) is 2. The number of halogens is 1. The zero-order chi connectivity index (χ0) is 18.9. The Morgan fingerprint density at radius 2 is 1.89 bits per heavy atom. The number of aliphatic imine (C=N–C) groups is 1. The third-order valence-electron chi connectivity index (χ3n) is 4.32. The van der Waals surface area contributed by atoms with Gasteiger partial charge >= 0.3 is 0 Å². The molecule has 0 amide bonds. The highest BCUT2D eigenvalue weighted by atomic mass is 127. The fraction of sp³-hybridized carbons (Fsp3) is 0.526. The molecule has 0 unspecified atom stereocenters. The average Bonchev–Trinajstić information content (AvgIpc) is 3.12. The number of rotatable bonds is 8. The van der Waals surface area contributed by atoms with Crippen LogP contribution in [-0.2, 0) is 13.1 Å². The maximum Gasteiger partial charge on any atom is 0.191 e. The fourth-order valence-corrected chi connectivity index (χ4v) is 2.69. The summed E-state index contributed by atoms with van der Waals surface area (Å²) in [5.74, 6) is 2.90. The van der Waals surface area contributed by atoms with Gasteiger partial charge in [-0.2, -0.15) is 0 Å². The molecular formula is C19H31IN6O. The lowest BCUT2D eigenvalue weighted by Crippen LogP contribution is -2.36. The number of hydrogen-bond acceptors (Lipinski definition) is 5. The Labute approximate surface area is 179 Å². The molecule has 0 atom stereocenters. The van der Waals surface area contributed by atoms with Crippen molar-refractivity contribution in [2.75, 3.05) is 26.0 Å². The number of anilines is 1. The lowest BCUT2D eigenvalue weighted by Gasteiger charge is -2.14. The Bertz CT molecular complexity index is 712. The molecule has 0 spiro atoms. The Kier molecular flexibility index (Phi) is 10.1. The van der Waals surface area contributed by atoms with Crippen molar-refractivity contribution in [3.8, 4) is 0 Å². The number of hydrogen-bond donors (Lipinski definition) is 2. The van der Waals surface area contributed by atoms with E-state index in [9.17, 15) is 0 Å². The van der Waals surface area contributed by atoms with Crippen molar-refractivity contribution in [2.24, 2.45) is 4.99 Å². The van der Waals surface area contributed by atoms with Gasteiger partial charge in [0.1, 0.15) is 5.82 Å². The van der Waals surface area contributed by atoms with Crippen LogP contribution in [0.15, 0.2) is 33.8 Å². The molecule has 0 fully saturated rings. The summed E-state index contributed by atoms with van der Waals surface area (Å²) in [6.07, 6.45) is 2.14. The van der Waals surface area contributed by atoms with Crippen LogP contribution in [0.4, 0.5) is 5.82 Å². The molecule has 150 valence electrons. The van der Waals surface area contributed by atoms with Crippen molar-refractivity contribution in [1.82, 2.24) is 20.8 Å². The van der Waals surface area contributed by atoms with E-state index in [2.05, 4.69) is 39.6 Å². The molecule has 2 aromatic heterocycles. The molecule has 27 heavy (non-hydrogen) atoms. The van der Waals surface area contributed by atoms with Crippen LogP contribution in [0.25, 0.3) is 0 Å². The van der Waals surface area contributed by atoms with Crippen LogP contribution in [0, 0.1) is 0 Å². The van der Waals surface area contributed by atoms with E-state index in [0.717, 1.165) is 35.8 Å². The minimum atomic E-state index is 0. The monoisotopic (exact) mass is 486 g/mol. The standard InChI is InChI=1S/C19H30N6O.HI/c1-6-14(7-2)17-11-16(26-24-17)13-22-19(20-3)21-12-15-9-8-10-18(23-15)25(4)5;/h8-11,14H,6-7,12-13H2,1-5H3,(H2,20,21,22);1H. The molecule has 0 radical (unpaired) electrons. The van der Waals surface area contributed by atoms with Gasteiger partial charge in [0.05, 0.1) is 24.5 Å². The highest BCUT2D eigenvalue weighted by molar-refractivity contribution is 14.0. The maximum atomic E-state index is 5.44. The quantitative estimate of drug-likeness (QED) is 0.338. The number of pyridine rings is 1. The summed E-state index contributed by atoms with van der Waals surface area (Å²) in [5.41, 5.74) is 1.98. The molecular weight excluding hydrogens is 455 g/mol.